The van der Waals surface area contributed by atoms with Crippen LogP contribution in [0.15, 0.2) is 102 Å². The van der Waals surface area contributed by atoms with Crippen molar-refractivity contribution in [1.29, 1.82) is 0 Å². The molecular formula is C36H39Cl2N3O5S. The SMILES string of the molecule is CC[C@H](C(=O)NCC(C)C)N(Cc1ccc(Cl)cc1Cl)C(=O)CN(c1ccc(Oc2ccccc2)cc1)S(=O)(=O)c1ccc(C)cc1. The van der Waals surface area contributed by atoms with Crippen molar-refractivity contribution in [3.05, 3.63) is 118 Å². The third kappa shape index (κ3) is 9.50. The maximum atomic E-state index is 14.3. The molecule has 0 unspecified atom stereocenters. The Labute approximate surface area is 287 Å². The van der Waals surface area contributed by atoms with Crippen LogP contribution in [0.1, 0.15) is 38.3 Å². The van der Waals surface area contributed by atoms with Gasteiger partial charge in [0.2, 0.25) is 11.8 Å². The molecule has 0 fully saturated rings. The number of halogens is 2. The fourth-order valence-corrected chi connectivity index (χ4v) is 6.73. The minimum absolute atomic E-state index is 0.0227. The Balaban J connectivity index is 1.74. The molecule has 0 bridgehead atoms. The van der Waals surface area contributed by atoms with Gasteiger partial charge in [-0.05, 0) is 85.5 Å². The van der Waals surface area contributed by atoms with Crippen LogP contribution in [0.25, 0.3) is 0 Å². The molecular weight excluding hydrogens is 657 g/mol. The number of benzene rings is 4. The fourth-order valence-electron chi connectivity index (χ4n) is 4.85. The highest BCUT2D eigenvalue weighted by molar-refractivity contribution is 7.92. The van der Waals surface area contributed by atoms with Gasteiger partial charge in [0.05, 0.1) is 10.6 Å². The number of sulfonamides is 1. The van der Waals surface area contributed by atoms with E-state index in [1.807, 2.05) is 51.1 Å². The van der Waals surface area contributed by atoms with Crippen molar-refractivity contribution in [1.82, 2.24) is 10.2 Å². The van der Waals surface area contributed by atoms with Crippen LogP contribution < -0.4 is 14.4 Å². The number of carbonyl (C=O) groups is 2. The summed E-state index contributed by atoms with van der Waals surface area (Å²) in [6.07, 6.45) is 0.289. The average Bonchev–Trinajstić information content (AvgIpc) is 3.04. The van der Waals surface area contributed by atoms with Gasteiger partial charge in [0, 0.05) is 23.1 Å². The summed E-state index contributed by atoms with van der Waals surface area (Å²) in [5, 5.41) is 3.67. The van der Waals surface area contributed by atoms with Crippen LogP contribution in [-0.4, -0.2) is 44.3 Å². The predicted molar refractivity (Wildman–Crippen MR) is 188 cm³/mol. The van der Waals surface area contributed by atoms with Gasteiger partial charge >= 0.3 is 0 Å². The van der Waals surface area contributed by atoms with E-state index in [0.717, 1.165) is 9.87 Å². The van der Waals surface area contributed by atoms with Gasteiger partial charge in [0.15, 0.2) is 0 Å². The molecule has 0 aromatic heterocycles. The molecule has 2 amide bonds. The topological polar surface area (TPSA) is 96.0 Å². The van der Waals surface area contributed by atoms with Crippen LogP contribution in [0.5, 0.6) is 11.5 Å². The summed E-state index contributed by atoms with van der Waals surface area (Å²) in [6, 6.07) is 26.1. The Morgan fingerprint density at radius 3 is 2.11 bits per heavy atom. The molecule has 1 N–H and O–H groups in total. The minimum Gasteiger partial charge on any atom is -0.457 e. The van der Waals surface area contributed by atoms with Gasteiger partial charge in [0.1, 0.15) is 24.1 Å². The molecule has 4 rings (SSSR count). The summed E-state index contributed by atoms with van der Waals surface area (Å²) in [4.78, 5) is 29.2. The average molecular weight is 697 g/mol. The first-order valence-corrected chi connectivity index (χ1v) is 17.5. The van der Waals surface area contributed by atoms with E-state index in [1.165, 1.54) is 17.0 Å². The van der Waals surface area contributed by atoms with Gasteiger partial charge in [-0.2, -0.15) is 0 Å². The van der Waals surface area contributed by atoms with E-state index in [4.69, 9.17) is 27.9 Å². The number of anilines is 1. The normalized spacial score (nSPS) is 12.0. The molecule has 248 valence electrons. The monoisotopic (exact) mass is 695 g/mol. The Morgan fingerprint density at radius 2 is 1.51 bits per heavy atom. The maximum Gasteiger partial charge on any atom is 0.264 e. The molecule has 4 aromatic carbocycles. The number of hydrogen-bond acceptors (Lipinski definition) is 5. The van der Waals surface area contributed by atoms with Crippen molar-refractivity contribution in [2.45, 2.75) is 51.6 Å². The van der Waals surface area contributed by atoms with E-state index < -0.39 is 28.5 Å². The molecule has 0 saturated carbocycles. The minimum atomic E-state index is -4.23. The molecule has 8 nitrogen and oxygen atoms in total. The molecule has 0 radical (unpaired) electrons. The van der Waals surface area contributed by atoms with Gasteiger partial charge in [-0.25, -0.2) is 8.42 Å². The molecule has 0 aliphatic carbocycles. The van der Waals surface area contributed by atoms with Gasteiger partial charge in [-0.1, -0.05) is 85.9 Å². The third-order valence-corrected chi connectivity index (χ3v) is 9.79. The Hall–Kier alpha value is -4.05. The number of ether oxygens (including phenoxy) is 1. The summed E-state index contributed by atoms with van der Waals surface area (Å²) in [5.41, 5.74) is 1.70. The van der Waals surface area contributed by atoms with Crippen molar-refractivity contribution in [2.75, 3.05) is 17.4 Å². The highest BCUT2D eigenvalue weighted by atomic mass is 35.5. The van der Waals surface area contributed by atoms with Gasteiger partial charge < -0.3 is 15.0 Å². The summed E-state index contributed by atoms with van der Waals surface area (Å²) in [6.45, 7) is 7.42. The zero-order valence-electron chi connectivity index (χ0n) is 26.8. The number of aryl methyl sites for hydroxylation is 1. The second-order valence-corrected chi connectivity index (χ2v) is 14.3. The molecule has 1 atom stereocenters. The summed E-state index contributed by atoms with van der Waals surface area (Å²) >= 11 is 12.6. The van der Waals surface area contributed by atoms with Gasteiger partial charge in [-0.15, -0.1) is 0 Å². The number of amides is 2. The van der Waals surface area contributed by atoms with E-state index in [1.54, 1.807) is 61.5 Å². The van der Waals surface area contributed by atoms with Crippen LogP contribution >= 0.6 is 23.2 Å². The molecule has 0 aliphatic rings. The second-order valence-electron chi connectivity index (χ2n) is 11.6. The largest absolute Gasteiger partial charge is 0.457 e. The molecule has 11 heteroatoms. The molecule has 47 heavy (non-hydrogen) atoms. The lowest BCUT2D eigenvalue weighted by Crippen LogP contribution is -2.52. The van der Waals surface area contributed by atoms with Crippen molar-refractivity contribution >= 4 is 50.7 Å². The summed E-state index contributed by atoms with van der Waals surface area (Å²) in [7, 11) is -4.23. The number of rotatable bonds is 14. The van der Waals surface area contributed by atoms with Crippen molar-refractivity contribution < 1.29 is 22.7 Å². The van der Waals surface area contributed by atoms with E-state index in [2.05, 4.69) is 5.32 Å². The Bertz CT molecular complexity index is 1770. The Morgan fingerprint density at radius 1 is 0.872 bits per heavy atom. The van der Waals surface area contributed by atoms with Crippen LogP contribution in [0.3, 0.4) is 0 Å². The fraction of sp³-hybridized carbons (Fsp3) is 0.278. The summed E-state index contributed by atoms with van der Waals surface area (Å²) in [5.74, 6) is 0.386. The molecule has 0 heterocycles. The van der Waals surface area contributed by atoms with Gasteiger partial charge in [-0.3, -0.25) is 13.9 Å². The van der Waals surface area contributed by atoms with Crippen LogP contribution in [0.2, 0.25) is 10.0 Å². The second kappa shape index (κ2) is 16.2. The lowest BCUT2D eigenvalue weighted by molar-refractivity contribution is -0.140. The summed E-state index contributed by atoms with van der Waals surface area (Å²) < 4.78 is 35.3. The first-order chi connectivity index (χ1) is 22.4. The molecule has 0 saturated heterocycles. The number of carbonyl (C=O) groups excluding carboxylic acids is 2. The van der Waals surface area contributed by atoms with E-state index >= 15 is 0 Å². The predicted octanol–water partition coefficient (Wildman–Crippen LogP) is 7.87. The van der Waals surface area contributed by atoms with Crippen molar-refractivity contribution in [3.63, 3.8) is 0 Å². The lowest BCUT2D eigenvalue weighted by atomic mass is 10.1. The van der Waals surface area contributed by atoms with Crippen LogP contribution in [-0.2, 0) is 26.2 Å². The first-order valence-electron chi connectivity index (χ1n) is 15.3. The number of nitrogens with zero attached hydrogens (tertiary/aromatic N) is 2. The molecule has 0 aliphatic heterocycles. The molecule has 0 spiro atoms. The highest BCUT2D eigenvalue weighted by Gasteiger charge is 2.34. The van der Waals surface area contributed by atoms with Crippen LogP contribution in [0.4, 0.5) is 5.69 Å². The van der Waals surface area contributed by atoms with E-state index in [-0.39, 0.29) is 35.4 Å². The number of nitrogens with one attached hydrogen (secondary N) is 1. The quantitative estimate of drug-likeness (QED) is 0.145. The van der Waals surface area contributed by atoms with Crippen LogP contribution in [0, 0.1) is 12.8 Å². The van der Waals surface area contributed by atoms with E-state index in [9.17, 15) is 18.0 Å². The third-order valence-electron chi connectivity index (χ3n) is 7.42. The highest BCUT2D eigenvalue weighted by Crippen LogP contribution is 2.29. The van der Waals surface area contributed by atoms with E-state index in [0.29, 0.717) is 33.7 Å². The standard InChI is InChI=1S/C36H39Cl2N3O5S/c1-5-34(36(43)39-22-25(2)3)40(23-27-13-14-28(37)21-33(27)38)35(42)24-41(47(44,45)32-19-11-26(4)12-20-32)29-15-17-31(18-16-29)46-30-9-7-6-8-10-30/h6-21,25,34H,5,22-24H2,1-4H3,(H,39,43)/t34-/m1/s1. The smallest absolute Gasteiger partial charge is 0.264 e. The van der Waals surface area contributed by atoms with Crippen molar-refractivity contribution in [3.8, 4) is 11.5 Å². The molecule has 4 aromatic rings. The number of hydrogen-bond donors (Lipinski definition) is 1. The van der Waals surface area contributed by atoms with Gasteiger partial charge in [0.25, 0.3) is 10.0 Å². The zero-order valence-corrected chi connectivity index (χ0v) is 29.1. The lowest BCUT2D eigenvalue weighted by Gasteiger charge is -2.33. The zero-order chi connectivity index (χ0) is 34.1. The first kappa shape index (κ1) is 35.8. The van der Waals surface area contributed by atoms with Crippen molar-refractivity contribution in [2.24, 2.45) is 5.92 Å². The number of para-hydroxylation sites is 1. The maximum absolute atomic E-state index is 14.3. The Kier molecular flexibility index (Phi) is 12.3.